The van der Waals surface area contributed by atoms with Crippen LogP contribution in [0.25, 0.3) is 0 Å². The Morgan fingerprint density at radius 1 is 1.17 bits per heavy atom. The van der Waals surface area contributed by atoms with E-state index in [1.807, 2.05) is 0 Å². The van der Waals surface area contributed by atoms with E-state index in [0.29, 0.717) is 25.5 Å². The van der Waals surface area contributed by atoms with E-state index in [2.05, 4.69) is 0 Å². The molecular formula is C11H15ClF4N2. The molecule has 0 aliphatic carbocycles. The van der Waals surface area contributed by atoms with Crippen molar-refractivity contribution < 1.29 is 17.6 Å². The van der Waals surface area contributed by atoms with Gasteiger partial charge in [-0.2, -0.15) is 13.2 Å². The molecule has 1 aromatic carbocycles. The molecule has 0 bridgehead atoms. The smallest absolute Gasteiger partial charge is 0.330 e. The Balaban J connectivity index is 0.00000289. The normalized spacial score (nSPS) is 13.0. The number of hydrogen-bond acceptors (Lipinski definition) is 2. The van der Waals surface area contributed by atoms with Gasteiger partial charge in [-0.3, -0.25) is 0 Å². The maximum absolute atomic E-state index is 13.1. The average Bonchev–Trinajstić information content (AvgIpc) is 2.23. The maximum atomic E-state index is 13.1. The van der Waals surface area contributed by atoms with Crippen LogP contribution in [0.4, 0.5) is 17.6 Å². The van der Waals surface area contributed by atoms with Crippen LogP contribution < -0.4 is 11.5 Å². The minimum atomic E-state index is -4.57. The van der Waals surface area contributed by atoms with E-state index in [9.17, 15) is 17.6 Å². The van der Waals surface area contributed by atoms with Crippen LogP contribution in [0.1, 0.15) is 30.0 Å². The molecular weight excluding hydrogens is 272 g/mol. The zero-order valence-electron chi connectivity index (χ0n) is 9.51. The molecule has 0 spiro atoms. The van der Waals surface area contributed by atoms with Crippen molar-refractivity contribution in [2.24, 2.45) is 11.5 Å². The van der Waals surface area contributed by atoms with Gasteiger partial charge in [0.2, 0.25) is 0 Å². The first-order valence-corrected chi connectivity index (χ1v) is 5.18. The number of nitrogens with two attached hydrogens (primary N) is 2. The topological polar surface area (TPSA) is 52.0 Å². The van der Waals surface area contributed by atoms with Crippen LogP contribution in [0.3, 0.4) is 0 Å². The first-order valence-electron chi connectivity index (χ1n) is 5.18. The number of hydrogen-bond donors (Lipinski definition) is 2. The van der Waals surface area contributed by atoms with Gasteiger partial charge >= 0.3 is 6.18 Å². The molecule has 0 saturated heterocycles. The zero-order chi connectivity index (χ0) is 13.1. The van der Waals surface area contributed by atoms with Crippen LogP contribution in [-0.2, 0) is 6.18 Å². The Labute approximate surface area is 109 Å². The van der Waals surface area contributed by atoms with Crippen molar-refractivity contribution in [2.75, 3.05) is 6.54 Å². The van der Waals surface area contributed by atoms with Gasteiger partial charge in [0.25, 0.3) is 0 Å². The minimum Gasteiger partial charge on any atom is -0.330 e. The molecule has 0 saturated carbocycles. The van der Waals surface area contributed by atoms with Crippen molar-refractivity contribution >= 4 is 12.4 Å². The van der Waals surface area contributed by atoms with Gasteiger partial charge in [-0.15, -0.1) is 12.4 Å². The highest BCUT2D eigenvalue weighted by atomic mass is 35.5. The lowest BCUT2D eigenvalue weighted by atomic mass is 10.0. The number of halogens is 5. The summed E-state index contributed by atoms with van der Waals surface area (Å²) in [5.74, 6) is -0.932. The summed E-state index contributed by atoms with van der Waals surface area (Å²) in [4.78, 5) is 0. The van der Waals surface area contributed by atoms with Crippen LogP contribution in [0.15, 0.2) is 18.2 Å². The summed E-state index contributed by atoms with van der Waals surface area (Å²) in [6.45, 7) is 0.398. The molecule has 1 rings (SSSR count). The third-order valence-electron chi connectivity index (χ3n) is 2.39. The van der Waals surface area contributed by atoms with Crippen LogP contribution in [-0.4, -0.2) is 6.54 Å². The number of rotatable bonds is 4. The van der Waals surface area contributed by atoms with Gasteiger partial charge in [0.1, 0.15) is 5.82 Å². The lowest BCUT2D eigenvalue weighted by molar-refractivity contribution is -0.137. The molecule has 0 aliphatic rings. The zero-order valence-corrected chi connectivity index (χ0v) is 10.3. The van der Waals surface area contributed by atoms with Crippen molar-refractivity contribution in [3.63, 3.8) is 0 Å². The summed E-state index contributed by atoms with van der Waals surface area (Å²) >= 11 is 0. The molecule has 0 heterocycles. The molecule has 1 aromatic rings. The third kappa shape index (κ3) is 4.80. The van der Waals surface area contributed by atoms with Crippen LogP contribution in [0, 0.1) is 5.82 Å². The molecule has 1 atom stereocenters. The fourth-order valence-electron chi connectivity index (χ4n) is 1.49. The van der Waals surface area contributed by atoms with E-state index in [1.54, 1.807) is 0 Å². The van der Waals surface area contributed by atoms with Gasteiger partial charge < -0.3 is 11.5 Å². The summed E-state index contributed by atoms with van der Waals surface area (Å²) in [7, 11) is 0. The van der Waals surface area contributed by atoms with Crippen molar-refractivity contribution in [1.82, 2.24) is 0 Å². The predicted molar refractivity (Wildman–Crippen MR) is 63.9 cm³/mol. The van der Waals surface area contributed by atoms with E-state index in [4.69, 9.17) is 11.5 Å². The lowest BCUT2D eigenvalue weighted by Crippen LogP contribution is -2.14. The Kier molecular flexibility index (Phi) is 6.59. The minimum absolute atomic E-state index is 0. The Morgan fingerprint density at radius 3 is 2.28 bits per heavy atom. The lowest BCUT2D eigenvalue weighted by Gasteiger charge is -2.14. The van der Waals surface area contributed by atoms with E-state index in [-0.39, 0.29) is 18.0 Å². The van der Waals surface area contributed by atoms with Crippen molar-refractivity contribution in [3.05, 3.63) is 35.1 Å². The van der Waals surface area contributed by atoms with Gasteiger partial charge in [0, 0.05) is 6.04 Å². The molecule has 0 aliphatic heterocycles. The van der Waals surface area contributed by atoms with Crippen LogP contribution >= 0.6 is 12.4 Å². The van der Waals surface area contributed by atoms with Crippen LogP contribution in [0.2, 0.25) is 0 Å². The summed E-state index contributed by atoms with van der Waals surface area (Å²) < 4.78 is 50.4. The highest BCUT2D eigenvalue weighted by molar-refractivity contribution is 5.85. The first-order chi connectivity index (χ1) is 7.84. The Hall–Kier alpha value is -0.850. The SMILES string of the molecule is Cl.NCCC[C@H](N)c1cc(F)cc(C(F)(F)F)c1. The second-order valence-corrected chi connectivity index (χ2v) is 3.81. The van der Waals surface area contributed by atoms with E-state index in [1.165, 1.54) is 0 Å². The van der Waals surface area contributed by atoms with Gasteiger partial charge in [-0.1, -0.05) is 0 Å². The molecule has 0 aromatic heterocycles. The molecule has 2 nitrogen and oxygen atoms in total. The standard InChI is InChI=1S/C11H14F4N2.ClH/c12-9-5-7(10(17)2-1-3-16)4-8(6-9)11(13,14)15;/h4-6,10H,1-3,16-17H2;1H/t10-;/m0./s1. The molecule has 0 amide bonds. The molecule has 0 unspecified atom stereocenters. The summed E-state index contributed by atoms with van der Waals surface area (Å²) in [5, 5.41) is 0. The molecule has 4 N–H and O–H groups in total. The molecule has 18 heavy (non-hydrogen) atoms. The summed E-state index contributed by atoms with van der Waals surface area (Å²) in [5.41, 5.74) is 10.1. The quantitative estimate of drug-likeness (QED) is 0.836. The van der Waals surface area contributed by atoms with Crippen molar-refractivity contribution in [1.29, 1.82) is 0 Å². The second-order valence-electron chi connectivity index (χ2n) is 3.81. The van der Waals surface area contributed by atoms with E-state index >= 15 is 0 Å². The van der Waals surface area contributed by atoms with Gasteiger partial charge in [-0.05, 0) is 43.1 Å². The largest absolute Gasteiger partial charge is 0.416 e. The van der Waals surface area contributed by atoms with Crippen molar-refractivity contribution in [3.8, 4) is 0 Å². The molecule has 7 heteroatoms. The average molecular weight is 287 g/mol. The second kappa shape index (κ2) is 6.92. The van der Waals surface area contributed by atoms with Gasteiger partial charge in [-0.25, -0.2) is 4.39 Å². The first kappa shape index (κ1) is 17.2. The van der Waals surface area contributed by atoms with Gasteiger partial charge in [0.15, 0.2) is 0 Å². The number of alkyl halides is 3. The summed E-state index contributed by atoms with van der Waals surface area (Å²) in [6.07, 6.45) is -3.55. The Morgan fingerprint density at radius 2 is 1.78 bits per heavy atom. The van der Waals surface area contributed by atoms with Gasteiger partial charge in [0.05, 0.1) is 5.56 Å². The van der Waals surface area contributed by atoms with E-state index < -0.39 is 23.6 Å². The highest BCUT2D eigenvalue weighted by Crippen LogP contribution is 2.31. The maximum Gasteiger partial charge on any atom is 0.416 e. The Bertz CT molecular complexity index is 382. The van der Waals surface area contributed by atoms with Crippen molar-refractivity contribution in [2.45, 2.75) is 25.1 Å². The molecule has 0 fully saturated rings. The predicted octanol–water partition coefficient (Wildman–Crippen LogP) is 3.01. The molecule has 104 valence electrons. The van der Waals surface area contributed by atoms with Crippen LogP contribution in [0.5, 0.6) is 0 Å². The molecule has 0 radical (unpaired) electrons. The highest BCUT2D eigenvalue weighted by Gasteiger charge is 2.31. The fraction of sp³-hybridized carbons (Fsp3) is 0.455. The number of benzene rings is 1. The summed E-state index contributed by atoms with van der Waals surface area (Å²) in [6, 6.07) is 1.73. The van der Waals surface area contributed by atoms with E-state index in [0.717, 1.165) is 12.1 Å². The monoisotopic (exact) mass is 286 g/mol. The fourth-order valence-corrected chi connectivity index (χ4v) is 1.49. The third-order valence-corrected chi connectivity index (χ3v) is 2.39.